The first-order chi connectivity index (χ1) is 12.1. The van der Waals surface area contributed by atoms with Crippen LogP contribution in [0.25, 0.3) is 0 Å². The quantitative estimate of drug-likeness (QED) is 0.688. The molecule has 138 valence electrons. The lowest BCUT2D eigenvalue weighted by atomic mass is 10.2. The van der Waals surface area contributed by atoms with Gasteiger partial charge in [-0.05, 0) is 29.6 Å². The number of nitrogens with two attached hydrogens (primary N) is 1. The number of hydrogen-bond donors (Lipinski definition) is 2. The van der Waals surface area contributed by atoms with E-state index in [-0.39, 0.29) is 26.0 Å². The average Bonchev–Trinajstić information content (AvgIpc) is 3.00. The highest BCUT2D eigenvalue weighted by molar-refractivity contribution is 7.90. The fourth-order valence-electron chi connectivity index (χ4n) is 1.89. The number of halogens is 1. The largest absolute Gasteiger partial charge is 0.452 e. The summed E-state index contributed by atoms with van der Waals surface area (Å²) in [6.07, 6.45) is 0.953. The first-order valence-electron chi connectivity index (χ1n) is 6.93. The fourth-order valence-corrected chi connectivity index (χ4v) is 4.00. The molecule has 0 aliphatic rings. The SMILES string of the molecule is CS(=O)(=O)c1cc(C(=O)OCC(=O)Nc2sccc2C(N)=O)ccc1Cl. The van der Waals surface area contributed by atoms with E-state index in [0.717, 1.165) is 23.7 Å². The van der Waals surface area contributed by atoms with E-state index in [1.54, 1.807) is 5.38 Å². The highest BCUT2D eigenvalue weighted by atomic mass is 35.5. The molecular formula is C15H13ClN2O6S2. The summed E-state index contributed by atoms with van der Waals surface area (Å²) in [4.78, 5) is 34.8. The minimum absolute atomic E-state index is 0.0292. The Kier molecular flexibility index (Phi) is 6.01. The Labute approximate surface area is 157 Å². The highest BCUT2D eigenvalue weighted by Crippen LogP contribution is 2.24. The molecule has 0 saturated carbocycles. The molecule has 0 bridgehead atoms. The zero-order valence-electron chi connectivity index (χ0n) is 13.3. The first-order valence-corrected chi connectivity index (χ1v) is 10.1. The number of carbonyl (C=O) groups is 3. The van der Waals surface area contributed by atoms with Crippen LogP contribution in [0.4, 0.5) is 5.00 Å². The normalized spacial score (nSPS) is 11.0. The van der Waals surface area contributed by atoms with Crippen LogP contribution >= 0.6 is 22.9 Å². The zero-order valence-corrected chi connectivity index (χ0v) is 15.7. The van der Waals surface area contributed by atoms with E-state index in [4.69, 9.17) is 22.1 Å². The number of primary amides is 1. The van der Waals surface area contributed by atoms with Crippen molar-refractivity contribution in [3.8, 4) is 0 Å². The lowest BCUT2D eigenvalue weighted by molar-refractivity contribution is -0.119. The third kappa shape index (κ3) is 4.81. The standard InChI is InChI=1S/C15H13ClN2O6S2/c1-26(22,23)11-6-8(2-3-10(11)16)15(21)24-7-12(19)18-14-9(13(17)20)4-5-25-14/h2-6H,7H2,1H3,(H2,17,20)(H,18,19). The van der Waals surface area contributed by atoms with Crippen molar-refractivity contribution < 1.29 is 27.5 Å². The summed E-state index contributed by atoms with van der Waals surface area (Å²) in [5.41, 5.74) is 5.24. The van der Waals surface area contributed by atoms with Gasteiger partial charge < -0.3 is 15.8 Å². The molecule has 0 saturated heterocycles. The van der Waals surface area contributed by atoms with Crippen LogP contribution in [0.1, 0.15) is 20.7 Å². The molecule has 26 heavy (non-hydrogen) atoms. The predicted octanol–water partition coefficient (Wildman–Crippen LogP) is 1.70. The van der Waals surface area contributed by atoms with Gasteiger partial charge in [-0.1, -0.05) is 11.6 Å². The zero-order chi connectivity index (χ0) is 19.5. The topological polar surface area (TPSA) is 133 Å². The van der Waals surface area contributed by atoms with E-state index < -0.39 is 34.2 Å². The maximum absolute atomic E-state index is 12.0. The molecule has 0 spiro atoms. The fraction of sp³-hybridized carbons (Fsp3) is 0.133. The van der Waals surface area contributed by atoms with Gasteiger partial charge in [-0.25, -0.2) is 13.2 Å². The van der Waals surface area contributed by atoms with Gasteiger partial charge >= 0.3 is 5.97 Å². The van der Waals surface area contributed by atoms with Crippen molar-refractivity contribution >= 4 is 55.6 Å². The third-order valence-electron chi connectivity index (χ3n) is 3.08. The molecule has 0 fully saturated rings. The number of anilines is 1. The summed E-state index contributed by atoms with van der Waals surface area (Å²) >= 11 is 6.89. The second-order valence-electron chi connectivity index (χ2n) is 5.07. The second-order valence-corrected chi connectivity index (χ2v) is 8.38. The Morgan fingerprint density at radius 1 is 1.27 bits per heavy atom. The van der Waals surface area contributed by atoms with E-state index in [1.165, 1.54) is 18.2 Å². The van der Waals surface area contributed by atoms with E-state index >= 15 is 0 Å². The van der Waals surface area contributed by atoms with Crippen LogP contribution in [0, 0.1) is 0 Å². The first kappa shape index (κ1) is 19.9. The summed E-state index contributed by atoms with van der Waals surface area (Å²) in [6, 6.07) is 5.05. The molecule has 0 aliphatic heterocycles. The highest BCUT2D eigenvalue weighted by Gasteiger charge is 2.18. The number of esters is 1. The molecule has 1 aromatic heterocycles. The molecule has 2 rings (SSSR count). The van der Waals surface area contributed by atoms with E-state index in [9.17, 15) is 22.8 Å². The Morgan fingerprint density at radius 3 is 2.58 bits per heavy atom. The smallest absolute Gasteiger partial charge is 0.338 e. The van der Waals surface area contributed by atoms with Crippen LogP contribution in [-0.2, 0) is 19.4 Å². The van der Waals surface area contributed by atoms with Gasteiger partial charge in [-0.2, -0.15) is 0 Å². The average molecular weight is 417 g/mol. The van der Waals surface area contributed by atoms with Gasteiger partial charge in [0.1, 0.15) is 5.00 Å². The molecule has 0 atom stereocenters. The number of thiophene rings is 1. The molecule has 2 amide bonds. The molecular weight excluding hydrogens is 404 g/mol. The Bertz CT molecular complexity index is 984. The number of hydrogen-bond acceptors (Lipinski definition) is 7. The number of nitrogens with one attached hydrogen (secondary N) is 1. The number of sulfone groups is 1. The van der Waals surface area contributed by atoms with Gasteiger partial charge in [0, 0.05) is 6.26 Å². The van der Waals surface area contributed by atoms with Gasteiger partial charge in [0.25, 0.3) is 11.8 Å². The molecule has 0 aliphatic carbocycles. The van der Waals surface area contributed by atoms with Gasteiger partial charge in [0.15, 0.2) is 16.4 Å². The van der Waals surface area contributed by atoms with Crippen molar-refractivity contribution in [2.24, 2.45) is 5.73 Å². The van der Waals surface area contributed by atoms with Crippen molar-refractivity contribution in [3.63, 3.8) is 0 Å². The second kappa shape index (κ2) is 7.85. The van der Waals surface area contributed by atoms with Crippen LogP contribution in [0.5, 0.6) is 0 Å². The van der Waals surface area contributed by atoms with Gasteiger partial charge in [0.05, 0.1) is 21.0 Å². The van der Waals surface area contributed by atoms with Crippen molar-refractivity contribution in [1.82, 2.24) is 0 Å². The molecule has 1 aromatic carbocycles. The number of rotatable bonds is 6. The summed E-state index contributed by atoms with van der Waals surface area (Å²) in [7, 11) is -3.63. The maximum atomic E-state index is 12.0. The summed E-state index contributed by atoms with van der Waals surface area (Å²) in [5, 5.41) is 4.19. The number of carbonyl (C=O) groups excluding carboxylic acids is 3. The van der Waals surface area contributed by atoms with E-state index in [0.29, 0.717) is 0 Å². The van der Waals surface area contributed by atoms with Crippen LogP contribution in [-0.4, -0.2) is 39.1 Å². The minimum Gasteiger partial charge on any atom is -0.452 e. The van der Waals surface area contributed by atoms with E-state index in [1.807, 2.05) is 0 Å². The number of benzene rings is 1. The third-order valence-corrected chi connectivity index (χ3v) is 5.49. The lowest BCUT2D eigenvalue weighted by Crippen LogP contribution is -2.22. The minimum atomic E-state index is -3.63. The van der Waals surface area contributed by atoms with Crippen molar-refractivity contribution in [1.29, 1.82) is 0 Å². The summed E-state index contributed by atoms with van der Waals surface area (Å²) in [6.45, 7) is -0.633. The van der Waals surface area contributed by atoms with Gasteiger partial charge in [0.2, 0.25) is 0 Å². The predicted molar refractivity (Wildman–Crippen MR) is 96.3 cm³/mol. The molecule has 0 unspecified atom stereocenters. The van der Waals surface area contributed by atoms with Crippen molar-refractivity contribution in [2.45, 2.75) is 4.90 Å². The Morgan fingerprint density at radius 2 is 1.96 bits per heavy atom. The lowest BCUT2D eigenvalue weighted by Gasteiger charge is -2.08. The molecule has 0 radical (unpaired) electrons. The van der Waals surface area contributed by atoms with Gasteiger partial charge in [-0.3, -0.25) is 9.59 Å². The van der Waals surface area contributed by atoms with Crippen LogP contribution in [0.2, 0.25) is 5.02 Å². The van der Waals surface area contributed by atoms with Crippen molar-refractivity contribution in [3.05, 3.63) is 45.8 Å². The molecule has 11 heteroatoms. The Balaban J connectivity index is 2.03. The van der Waals surface area contributed by atoms with Crippen molar-refractivity contribution in [2.75, 3.05) is 18.2 Å². The Hall–Kier alpha value is -2.43. The number of ether oxygens (including phenoxy) is 1. The maximum Gasteiger partial charge on any atom is 0.338 e. The van der Waals surface area contributed by atoms with Crippen LogP contribution < -0.4 is 11.1 Å². The molecule has 3 N–H and O–H groups in total. The van der Waals surface area contributed by atoms with E-state index in [2.05, 4.69) is 5.32 Å². The van der Waals surface area contributed by atoms with Crippen LogP contribution in [0.15, 0.2) is 34.5 Å². The summed E-state index contributed by atoms with van der Waals surface area (Å²) in [5.74, 6) is -2.28. The molecule has 8 nitrogen and oxygen atoms in total. The molecule has 2 aromatic rings. The summed E-state index contributed by atoms with van der Waals surface area (Å²) < 4.78 is 28.1. The van der Waals surface area contributed by atoms with Crippen LogP contribution in [0.3, 0.4) is 0 Å². The monoisotopic (exact) mass is 416 g/mol. The van der Waals surface area contributed by atoms with Gasteiger partial charge in [-0.15, -0.1) is 11.3 Å². The molecule has 1 heterocycles. The number of amides is 2.